The normalized spacial score (nSPS) is 14.4. The van der Waals surface area contributed by atoms with E-state index in [0.717, 1.165) is 13.0 Å². The smallest absolute Gasteiger partial charge is 0.319 e. The largest absolute Gasteiger partial charge is 0.330 e. The van der Waals surface area contributed by atoms with Crippen molar-refractivity contribution in [2.45, 2.75) is 19.4 Å². The van der Waals surface area contributed by atoms with Gasteiger partial charge in [-0.2, -0.15) is 8.42 Å². The zero-order chi connectivity index (χ0) is 10.3. The van der Waals surface area contributed by atoms with Crippen molar-refractivity contribution in [3.8, 4) is 0 Å². The van der Waals surface area contributed by atoms with Gasteiger partial charge in [0.15, 0.2) is 0 Å². The van der Waals surface area contributed by atoms with Gasteiger partial charge in [-0.05, 0) is 37.2 Å². The monoisotopic (exact) mass is 228 g/mol. The van der Waals surface area contributed by atoms with Crippen LogP contribution in [0.5, 0.6) is 0 Å². The van der Waals surface area contributed by atoms with Crippen molar-refractivity contribution in [1.82, 2.24) is 5.32 Å². The van der Waals surface area contributed by atoms with Gasteiger partial charge in [0, 0.05) is 11.8 Å². The fraction of sp³-hybridized carbons (Fsp3) is 1.00. The molecule has 0 radical (unpaired) electrons. The zero-order valence-electron chi connectivity index (χ0n) is 7.56. The Morgan fingerprint density at radius 2 is 2.23 bits per heavy atom. The molecule has 0 aromatic rings. The molecule has 80 valence electrons. The maximum atomic E-state index is 10.3. The summed E-state index contributed by atoms with van der Waals surface area (Å²) in [5, 5.41) is 3.08. The second-order valence-corrected chi connectivity index (χ2v) is 6.10. The molecule has 0 amide bonds. The van der Waals surface area contributed by atoms with Crippen LogP contribution >= 0.6 is 10.8 Å². The third kappa shape index (κ3) is 10.1. The summed E-state index contributed by atoms with van der Waals surface area (Å²) in [5.74, 6) is 0.337. The van der Waals surface area contributed by atoms with Crippen molar-refractivity contribution in [3.05, 3.63) is 0 Å². The van der Waals surface area contributed by atoms with E-state index < -0.39 is 9.15 Å². The van der Waals surface area contributed by atoms with E-state index in [9.17, 15) is 8.42 Å². The van der Waals surface area contributed by atoms with Gasteiger partial charge in [-0.1, -0.05) is 0 Å². The van der Waals surface area contributed by atoms with Crippen molar-refractivity contribution in [2.24, 2.45) is 5.73 Å². The summed E-state index contributed by atoms with van der Waals surface area (Å²) >= 11 is 0. The van der Waals surface area contributed by atoms with Crippen molar-refractivity contribution in [3.63, 3.8) is 0 Å². The number of rotatable bonds is 7. The summed E-state index contributed by atoms with van der Waals surface area (Å²) in [4.78, 5) is 0. The topological polar surface area (TPSA) is 92.4 Å². The number of hydrogen-bond donors (Lipinski definition) is 3. The third-order valence-corrected chi connectivity index (χ3v) is 3.58. The summed E-state index contributed by atoms with van der Waals surface area (Å²) in [6.07, 6.45) is 0.862. The Morgan fingerprint density at radius 1 is 1.62 bits per heavy atom. The van der Waals surface area contributed by atoms with Crippen LogP contribution in [0.2, 0.25) is 0 Å². The van der Waals surface area contributed by atoms with Gasteiger partial charge in [0.2, 0.25) is 0 Å². The molecule has 0 saturated heterocycles. The Balaban J connectivity index is 3.46. The van der Waals surface area contributed by atoms with Crippen molar-refractivity contribution >= 4 is 19.9 Å². The third-order valence-electron chi connectivity index (χ3n) is 1.34. The highest BCUT2D eigenvalue weighted by molar-refractivity contribution is 8.69. The minimum absolute atomic E-state index is 0.0541. The second-order valence-electron chi connectivity index (χ2n) is 2.71. The fourth-order valence-corrected chi connectivity index (χ4v) is 2.32. The van der Waals surface area contributed by atoms with E-state index in [1.54, 1.807) is 0 Å². The fourth-order valence-electron chi connectivity index (χ4n) is 0.697. The molecular weight excluding hydrogens is 212 g/mol. The molecule has 0 aromatic carbocycles. The first-order valence-electron chi connectivity index (χ1n) is 4.01. The van der Waals surface area contributed by atoms with E-state index in [1.165, 1.54) is 0 Å². The van der Waals surface area contributed by atoms with Crippen LogP contribution in [0, 0.1) is 0 Å². The van der Waals surface area contributed by atoms with Gasteiger partial charge in [-0.15, -0.1) is 0 Å². The van der Waals surface area contributed by atoms with Gasteiger partial charge in [-0.25, -0.2) is 0 Å². The molecule has 0 aliphatic heterocycles. The van der Waals surface area contributed by atoms with E-state index in [1.807, 2.05) is 6.92 Å². The lowest BCUT2D eigenvalue weighted by Gasteiger charge is -2.11. The Morgan fingerprint density at radius 3 is 2.69 bits per heavy atom. The predicted octanol–water partition coefficient (Wildman–Crippen LogP) is -0.151. The van der Waals surface area contributed by atoms with Gasteiger partial charge in [-0.3, -0.25) is 4.55 Å². The van der Waals surface area contributed by atoms with Crippen LogP contribution in [-0.2, 0) is 9.15 Å². The number of hydrogen-bond acceptors (Lipinski definition) is 5. The van der Waals surface area contributed by atoms with Crippen molar-refractivity contribution in [2.75, 3.05) is 18.8 Å². The van der Waals surface area contributed by atoms with E-state index >= 15 is 0 Å². The van der Waals surface area contributed by atoms with Crippen molar-refractivity contribution < 1.29 is 13.0 Å². The first kappa shape index (κ1) is 13.2. The second kappa shape index (κ2) is 6.61. The lowest BCUT2D eigenvalue weighted by Crippen LogP contribution is -2.30. The molecule has 1 unspecified atom stereocenters. The first-order chi connectivity index (χ1) is 5.95. The van der Waals surface area contributed by atoms with E-state index in [4.69, 9.17) is 10.3 Å². The molecule has 7 heteroatoms. The summed E-state index contributed by atoms with van der Waals surface area (Å²) in [6.45, 7) is 3.24. The molecule has 0 spiro atoms. The van der Waals surface area contributed by atoms with Crippen molar-refractivity contribution in [1.29, 1.82) is 0 Å². The maximum absolute atomic E-state index is 10.3. The van der Waals surface area contributed by atoms with Crippen LogP contribution in [0.3, 0.4) is 0 Å². The van der Waals surface area contributed by atoms with Crippen LogP contribution in [0.15, 0.2) is 0 Å². The summed E-state index contributed by atoms with van der Waals surface area (Å²) in [6, 6.07) is 0.0541. The highest BCUT2D eigenvalue weighted by Crippen LogP contribution is 2.10. The Bertz CT molecular complexity index is 218. The Kier molecular flexibility index (Phi) is 6.70. The molecule has 0 bridgehead atoms. The first-order valence-corrected chi connectivity index (χ1v) is 6.95. The molecule has 1 atom stereocenters. The van der Waals surface area contributed by atoms with Crippen LogP contribution in [0.1, 0.15) is 13.3 Å². The molecule has 13 heavy (non-hydrogen) atoms. The maximum Gasteiger partial charge on any atom is 0.319 e. The van der Waals surface area contributed by atoms with E-state index in [2.05, 4.69) is 5.32 Å². The summed E-state index contributed by atoms with van der Waals surface area (Å²) in [7, 11) is -3.36. The molecule has 0 fully saturated rings. The molecule has 0 aliphatic carbocycles. The molecule has 0 aliphatic rings. The standard InChI is InChI=1S/C6H16N2O3S2/c1-6(8-4-2-3-7)5-12-13(9,10)11/h6,8H,2-5,7H2,1H3,(H,9,10,11). The van der Waals surface area contributed by atoms with E-state index in [0.29, 0.717) is 23.1 Å². The zero-order valence-corrected chi connectivity index (χ0v) is 9.20. The van der Waals surface area contributed by atoms with Gasteiger partial charge in [0.05, 0.1) is 0 Å². The lowest BCUT2D eigenvalue weighted by atomic mass is 10.3. The highest BCUT2D eigenvalue weighted by atomic mass is 33.1. The predicted molar refractivity (Wildman–Crippen MR) is 55.1 cm³/mol. The molecule has 0 aromatic heterocycles. The van der Waals surface area contributed by atoms with Crippen LogP contribution in [-0.4, -0.2) is 37.9 Å². The minimum atomic E-state index is -3.90. The SMILES string of the molecule is CC(CSS(=O)(=O)O)NCCCN. The van der Waals surface area contributed by atoms with Gasteiger partial charge in [0.1, 0.15) is 0 Å². The number of nitrogens with two attached hydrogens (primary N) is 1. The van der Waals surface area contributed by atoms with Crippen LogP contribution in [0.4, 0.5) is 0 Å². The summed E-state index contributed by atoms with van der Waals surface area (Å²) < 4.78 is 29.1. The Labute approximate surface area is 82.6 Å². The van der Waals surface area contributed by atoms with Crippen LogP contribution in [0.25, 0.3) is 0 Å². The molecule has 0 rings (SSSR count). The average molecular weight is 228 g/mol. The Hall–Kier alpha value is 0.180. The molecular formula is C6H16N2O3S2. The van der Waals surface area contributed by atoms with Gasteiger partial charge in [0.25, 0.3) is 0 Å². The average Bonchev–Trinajstić information content (AvgIpc) is 2.00. The molecule has 0 saturated carbocycles. The lowest BCUT2D eigenvalue weighted by molar-refractivity contribution is 0.502. The highest BCUT2D eigenvalue weighted by Gasteiger charge is 2.08. The molecule has 0 heterocycles. The van der Waals surface area contributed by atoms with Gasteiger partial charge < -0.3 is 11.1 Å². The minimum Gasteiger partial charge on any atom is -0.330 e. The molecule has 5 nitrogen and oxygen atoms in total. The van der Waals surface area contributed by atoms with Gasteiger partial charge >= 0.3 is 9.15 Å². The molecule has 4 N–H and O–H groups in total. The summed E-state index contributed by atoms with van der Waals surface area (Å²) in [5.41, 5.74) is 5.28. The van der Waals surface area contributed by atoms with E-state index in [-0.39, 0.29) is 6.04 Å². The van der Waals surface area contributed by atoms with Crippen LogP contribution < -0.4 is 11.1 Å². The number of nitrogens with one attached hydrogen (secondary N) is 1. The quantitative estimate of drug-likeness (QED) is 0.319.